The Bertz CT molecular complexity index is 985. The second kappa shape index (κ2) is 9.62. The Morgan fingerprint density at radius 3 is 2.59 bits per heavy atom. The molecular formula is C21H33BN8O2. The maximum absolute atomic E-state index is 13.1. The van der Waals surface area contributed by atoms with Crippen LogP contribution in [-0.2, 0) is 7.05 Å². The van der Waals surface area contributed by atoms with Crippen LogP contribution in [0.2, 0.25) is 0 Å². The van der Waals surface area contributed by atoms with E-state index in [0.29, 0.717) is 18.6 Å². The fourth-order valence-corrected chi connectivity index (χ4v) is 5.01. The molecule has 0 unspecified atom stereocenters. The molecule has 10 nitrogen and oxygen atoms in total. The first kappa shape index (κ1) is 22.8. The molecule has 0 spiro atoms. The lowest BCUT2D eigenvalue weighted by Gasteiger charge is -2.48. The van der Waals surface area contributed by atoms with Crippen molar-refractivity contribution < 1.29 is 4.42 Å². The predicted octanol–water partition coefficient (Wildman–Crippen LogP) is 1.02. The Balaban J connectivity index is 1.56. The lowest BCUT2D eigenvalue weighted by Crippen LogP contribution is -2.59. The number of piperazine rings is 1. The Morgan fingerprint density at radius 2 is 1.91 bits per heavy atom. The van der Waals surface area contributed by atoms with Crippen molar-refractivity contribution in [2.24, 2.45) is 7.05 Å². The molecule has 172 valence electrons. The van der Waals surface area contributed by atoms with Gasteiger partial charge in [0.1, 0.15) is 5.82 Å². The van der Waals surface area contributed by atoms with Crippen LogP contribution in [0.15, 0.2) is 9.21 Å². The minimum atomic E-state index is -0.233. The van der Waals surface area contributed by atoms with Crippen molar-refractivity contribution >= 4 is 19.8 Å². The van der Waals surface area contributed by atoms with Gasteiger partial charge >= 0.3 is 6.01 Å². The van der Waals surface area contributed by atoms with Gasteiger partial charge in [-0.15, -0.1) is 5.10 Å². The third-order valence-corrected chi connectivity index (χ3v) is 6.65. The van der Waals surface area contributed by atoms with E-state index in [1.807, 2.05) is 18.7 Å². The van der Waals surface area contributed by atoms with Crippen molar-refractivity contribution in [3.8, 4) is 11.6 Å². The lowest BCUT2D eigenvalue weighted by atomic mass is 9.96. The van der Waals surface area contributed by atoms with Gasteiger partial charge in [-0.1, -0.05) is 12.0 Å². The van der Waals surface area contributed by atoms with Crippen LogP contribution >= 0.6 is 0 Å². The highest BCUT2D eigenvalue weighted by atomic mass is 16.4. The molecule has 2 saturated heterocycles. The number of piperidine rings is 1. The zero-order valence-electron chi connectivity index (χ0n) is 19.5. The molecule has 4 heterocycles. The highest BCUT2D eigenvalue weighted by molar-refractivity contribution is 6.04. The molecule has 2 radical (unpaired) electrons. The SMILES string of the molecule is [B]N1CCC(N2CCN(c3c(C)nc(-c4nnc(NCC)o4)c(=O)n3C)C[C@@H]2CC)CC1. The van der Waals surface area contributed by atoms with Crippen LogP contribution in [0.1, 0.15) is 38.8 Å². The Kier molecular flexibility index (Phi) is 6.85. The van der Waals surface area contributed by atoms with Crippen molar-refractivity contribution in [3.63, 3.8) is 0 Å². The average Bonchev–Trinajstić information content (AvgIpc) is 3.25. The second-order valence-electron chi connectivity index (χ2n) is 8.69. The molecule has 0 aliphatic carbocycles. The first-order valence-electron chi connectivity index (χ1n) is 11.6. The summed E-state index contributed by atoms with van der Waals surface area (Å²) in [5.41, 5.74) is 0.734. The maximum Gasteiger partial charge on any atom is 0.315 e. The number of anilines is 2. The van der Waals surface area contributed by atoms with Crippen LogP contribution < -0.4 is 15.8 Å². The Labute approximate surface area is 190 Å². The molecule has 2 aromatic rings. The number of aromatic nitrogens is 4. The molecule has 2 fully saturated rings. The molecule has 0 saturated carbocycles. The van der Waals surface area contributed by atoms with Crippen LogP contribution in [0.3, 0.4) is 0 Å². The number of rotatable bonds is 6. The van der Waals surface area contributed by atoms with Gasteiger partial charge in [-0.25, -0.2) is 4.98 Å². The van der Waals surface area contributed by atoms with Gasteiger partial charge in [-0.3, -0.25) is 14.3 Å². The van der Waals surface area contributed by atoms with Gasteiger partial charge in [0.15, 0.2) is 13.7 Å². The van der Waals surface area contributed by atoms with Crippen LogP contribution in [0.4, 0.5) is 11.8 Å². The van der Waals surface area contributed by atoms with Crippen molar-refractivity contribution in [2.75, 3.05) is 49.5 Å². The molecule has 4 rings (SSSR count). The van der Waals surface area contributed by atoms with E-state index in [1.54, 1.807) is 11.6 Å². The van der Waals surface area contributed by atoms with Gasteiger partial charge in [0.25, 0.3) is 11.4 Å². The van der Waals surface area contributed by atoms with Gasteiger partial charge in [-0.2, -0.15) is 0 Å². The van der Waals surface area contributed by atoms with E-state index in [4.69, 9.17) is 12.4 Å². The fraction of sp³-hybridized carbons (Fsp3) is 0.714. The molecule has 32 heavy (non-hydrogen) atoms. The monoisotopic (exact) mass is 440 g/mol. The minimum absolute atomic E-state index is 0.138. The number of hydrogen-bond acceptors (Lipinski definition) is 9. The largest absolute Gasteiger partial charge is 0.401 e. The average molecular weight is 440 g/mol. The first-order chi connectivity index (χ1) is 15.4. The summed E-state index contributed by atoms with van der Waals surface area (Å²) >= 11 is 0. The first-order valence-corrected chi connectivity index (χ1v) is 11.6. The van der Waals surface area contributed by atoms with E-state index < -0.39 is 0 Å². The van der Waals surface area contributed by atoms with Gasteiger partial charge in [0, 0.05) is 45.3 Å². The number of nitrogens with zero attached hydrogens (tertiary/aromatic N) is 7. The van der Waals surface area contributed by atoms with Gasteiger partial charge < -0.3 is 19.4 Å². The van der Waals surface area contributed by atoms with Crippen LogP contribution in [-0.4, -0.2) is 88.8 Å². The molecular weight excluding hydrogens is 407 g/mol. The third-order valence-electron chi connectivity index (χ3n) is 6.65. The number of nitrogens with one attached hydrogen (secondary N) is 1. The smallest absolute Gasteiger partial charge is 0.315 e. The van der Waals surface area contributed by atoms with Crippen molar-refractivity contribution in [3.05, 3.63) is 16.0 Å². The highest BCUT2D eigenvalue weighted by Crippen LogP contribution is 2.27. The lowest BCUT2D eigenvalue weighted by molar-refractivity contribution is 0.0807. The molecule has 0 amide bonds. The standard InChI is InChI=1S/C21H33BN8O2/c1-5-15-13-28(11-12-30(15)16-7-9-29(22)10-8-16)19-14(3)24-17(20(31)27(19)4)18-25-26-21(32-18)23-6-2/h15-16H,5-13H2,1-4H3,(H,23,26)/t15-/m0/s1. The summed E-state index contributed by atoms with van der Waals surface area (Å²) in [6.07, 6.45) is 3.28. The van der Waals surface area contributed by atoms with E-state index in [-0.39, 0.29) is 23.2 Å². The number of hydrogen-bond donors (Lipinski definition) is 1. The molecule has 0 aromatic carbocycles. The molecule has 2 aliphatic heterocycles. The van der Waals surface area contributed by atoms with E-state index >= 15 is 0 Å². The van der Waals surface area contributed by atoms with E-state index in [2.05, 4.69) is 37.2 Å². The topological polar surface area (TPSA) is 95.6 Å². The quantitative estimate of drug-likeness (QED) is 0.661. The minimum Gasteiger partial charge on any atom is -0.401 e. The van der Waals surface area contributed by atoms with E-state index in [9.17, 15) is 4.79 Å². The number of aryl methyl sites for hydroxylation is 1. The summed E-state index contributed by atoms with van der Waals surface area (Å²) in [5.74, 6) is 0.999. The van der Waals surface area contributed by atoms with Crippen molar-refractivity contribution in [1.82, 2.24) is 29.5 Å². The third kappa shape index (κ3) is 4.40. The normalized spacial score (nSPS) is 21.2. The molecule has 0 bridgehead atoms. The van der Waals surface area contributed by atoms with Crippen molar-refractivity contribution in [2.45, 2.75) is 52.1 Å². The molecule has 1 N–H and O–H groups in total. The molecule has 1 atom stereocenters. The molecule has 11 heteroatoms. The summed E-state index contributed by atoms with van der Waals surface area (Å²) in [6, 6.07) is 1.30. The summed E-state index contributed by atoms with van der Waals surface area (Å²) in [5, 5.41) is 10.9. The Hall–Kier alpha value is -2.40. The van der Waals surface area contributed by atoms with Gasteiger partial charge in [-0.05, 0) is 46.2 Å². The summed E-state index contributed by atoms with van der Waals surface area (Å²) < 4.78 is 7.24. The maximum atomic E-state index is 13.1. The summed E-state index contributed by atoms with van der Waals surface area (Å²) in [4.78, 5) is 24.6. The molecule has 2 aromatic heterocycles. The summed E-state index contributed by atoms with van der Waals surface area (Å²) in [7, 11) is 7.75. The zero-order chi connectivity index (χ0) is 22.8. The molecule has 2 aliphatic rings. The van der Waals surface area contributed by atoms with E-state index in [0.717, 1.165) is 63.5 Å². The van der Waals surface area contributed by atoms with Crippen molar-refractivity contribution in [1.29, 1.82) is 0 Å². The van der Waals surface area contributed by atoms with Gasteiger partial charge in [0.2, 0.25) is 0 Å². The summed E-state index contributed by atoms with van der Waals surface area (Å²) in [6.45, 7) is 11.4. The van der Waals surface area contributed by atoms with Crippen LogP contribution in [0.5, 0.6) is 0 Å². The zero-order valence-corrected chi connectivity index (χ0v) is 19.5. The fourth-order valence-electron chi connectivity index (χ4n) is 5.01. The Morgan fingerprint density at radius 1 is 1.16 bits per heavy atom. The van der Waals surface area contributed by atoms with Crippen LogP contribution in [0, 0.1) is 6.92 Å². The van der Waals surface area contributed by atoms with E-state index in [1.165, 1.54) is 0 Å². The second-order valence-corrected chi connectivity index (χ2v) is 8.69. The van der Waals surface area contributed by atoms with Crippen LogP contribution in [0.25, 0.3) is 11.6 Å². The predicted molar refractivity (Wildman–Crippen MR) is 125 cm³/mol. The van der Waals surface area contributed by atoms with Gasteiger partial charge in [0.05, 0.1) is 5.69 Å². The highest BCUT2D eigenvalue weighted by Gasteiger charge is 2.34.